The third-order valence-corrected chi connectivity index (χ3v) is 6.01. The second-order valence-electron chi connectivity index (χ2n) is 5.93. The molecule has 0 saturated heterocycles. The van der Waals surface area contributed by atoms with E-state index in [0.717, 1.165) is 19.3 Å². The Kier molecular flexibility index (Phi) is 5.01. The topological polar surface area (TPSA) is 72.2 Å². The summed E-state index contributed by atoms with van der Waals surface area (Å²) in [5.74, 6) is 0.357. The summed E-state index contributed by atoms with van der Waals surface area (Å²) in [6.07, 6.45) is 3.33. The number of halogens is 1. The maximum Gasteiger partial charge on any atom is 0.240 e. The van der Waals surface area contributed by atoms with Gasteiger partial charge in [-0.15, -0.1) is 0 Å². The van der Waals surface area contributed by atoms with Crippen LogP contribution in [0.4, 0.5) is 4.39 Å². The Labute approximate surface area is 126 Å². The van der Waals surface area contributed by atoms with E-state index in [-0.39, 0.29) is 17.0 Å². The third-order valence-electron chi connectivity index (χ3n) is 4.46. The van der Waals surface area contributed by atoms with Crippen molar-refractivity contribution in [1.29, 1.82) is 0 Å². The van der Waals surface area contributed by atoms with Gasteiger partial charge in [-0.05, 0) is 42.9 Å². The van der Waals surface area contributed by atoms with Crippen LogP contribution in [0.2, 0.25) is 0 Å². The summed E-state index contributed by atoms with van der Waals surface area (Å²) in [7, 11) is -3.70. The van der Waals surface area contributed by atoms with Crippen LogP contribution in [0.5, 0.6) is 0 Å². The van der Waals surface area contributed by atoms with Crippen molar-refractivity contribution in [2.45, 2.75) is 44.6 Å². The Morgan fingerprint density at radius 2 is 2.10 bits per heavy atom. The SMILES string of the molecule is Cc1c(F)cc(CN)cc1S(=O)(=O)NCC1CCCC1C. The molecule has 1 aliphatic rings. The number of nitrogens with one attached hydrogen (secondary N) is 1. The van der Waals surface area contributed by atoms with Crippen LogP contribution in [-0.2, 0) is 16.6 Å². The maximum atomic E-state index is 13.8. The molecule has 0 bridgehead atoms. The van der Waals surface area contributed by atoms with E-state index < -0.39 is 15.8 Å². The van der Waals surface area contributed by atoms with Crippen LogP contribution in [0.3, 0.4) is 0 Å². The van der Waals surface area contributed by atoms with Gasteiger partial charge in [-0.2, -0.15) is 0 Å². The monoisotopic (exact) mass is 314 g/mol. The van der Waals surface area contributed by atoms with E-state index in [9.17, 15) is 12.8 Å². The van der Waals surface area contributed by atoms with E-state index in [1.54, 1.807) is 0 Å². The lowest BCUT2D eigenvalue weighted by Gasteiger charge is -2.17. The van der Waals surface area contributed by atoms with E-state index in [2.05, 4.69) is 11.6 Å². The normalized spacial score (nSPS) is 22.7. The lowest BCUT2D eigenvalue weighted by Crippen LogP contribution is -2.31. The first-order valence-corrected chi connectivity index (χ1v) is 8.82. The molecule has 2 rings (SSSR count). The molecular weight excluding hydrogens is 291 g/mol. The van der Waals surface area contributed by atoms with Crippen molar-refractivity contribution in [2.24, 2.45) is 17.6 Å². The molecule has 3 N–H and O–H groups in total. The van der Waals surface area contributed by atoms with Gasteiger partial charge in [0.2, 0.25) is 10.0 Å². The predicted octanol–water partition coefficient (Wildman–Crippen LogP) is 2.31. The van der Waals surface area contributed by atoms with Gasteiger partial charge in [0.15, 0.2) is 0 Å². The fourth-order valence-corrected chi connectivity index (χ4v) is 4.32. The molecule has 2 atom stereocenters. The smallest absolute Gasteiger partial charge is 0.240 e. The highest BCUT2D eigenvalue weighted by Crippen LogP contribution is 2.31. The van der Waals surface area contributed by atoms with Crippen LogP contribution >= 0.6 is 0 Å². The van der Waals surface area contributed by atoms with Crippen LogP contribution in [0.25, 0.3) is 0 Å². The van der Waals surface area contributed by atoms with Crippen molar-refractivity contribution >= 4 is 10.0 Å². The number of rotatable bonds is 5. The summed E-state index contributed by atoms with van der Waals surface area (Å²) in [4.78, 5) is -0.00593. The molecule has 21 heavy (non-hydrogen) atoms. The summed E-state index contributed by atoms with van der Waals surface area (Å²) in [6.45, 7) is 4.14. The lowest BCUT2D eigenvalue weighted by atomic mass is 9.99. The standard InChI is InChI=1S/C15H23FN2O2S/c1-10-4-3-5-13(10)9-18-21(19,20)15-7-12(8-17)6-14(16)11(15)2/h6-7,10,13,18H,3-5,8-9,17H2,1-2H3. The van der Waals surface area contributed by atoms with Crippen molar-refractivity contribution < 1.29 is 12.8 Å². The van der Waals surface area contributed by atoms with Gasteiger partial charge in [-0.3, -0.25) is 0 Å². The molecule has 0 aliphatic heterocycles. The summed E-state index contributed by atoms with van der Waals surface area (Å²) in [6, 6.07) is 2.74. The second-order valence-corrected chi connectivity index (χ2v) is 7.66. The van der Waals surface area contributed by atoms with Gasteiger partial charge in [-0.25, -0.2) is 17.5 Å². The van der Waals surface area contributed by atoms with Gasteiger partial charge in [-0.1, -0.05) is 19.8 Å². The summed E-state index contributed by atoms with van der Waals surface area (Å²) in [5, 5.41) is 0. The molecule has 1 aromatic carbocycles. The highest BCUT2D eigenvalue weighted by atomic mass is 32.2. The first kappa shape index (κ1) is 16.4. The van der Waals surface area contributed by atoms with Crippen LogP contribution in [-0.4, -0.2) is 15.0 Å². The maximum absolute atomic E-state index is 13.8. The van der Waals surface area contributed by atoms with Crippen molar-refractivity contribution in [2.75, 3.05) is 6.54 Å². The summed E-state index contributed by atoms with van der Waals surface area (Å²) < 4.78 is 41.3. The zero-order valence-corrected chi connectivity index (χ0v) is 13.3. The third kappa shape index (κ3) is 3.62. The Bertz CT molecular complexity index is 616. The minimum absolute atomic E-state index is 0.00593. The van der Waals surface area contributed by atoms with Crippen molar-refractivity contribution in [3.8, 4) is 0 Å². The van der Waals surface area contributed by atoms with Crippen molar-refractivity contribution in [3.05, 3.63) is 29.1 Å². The van der Waals surface area contributed by atoms with Gasteiger partial charge in [0, 0.05) is 18.7 Å². The molecule has 1 aliphatic carbocycles. The van der Waals surface area contributed by atoms with E-state index in [1.807, 2.05) is 0 Å². The Hall–Kier alpha value is -0.980. The molecule has 1 fully saturated rings. The van der Waals surface area contributed by atoms with Crippen LogP contribution in [0.1, 0.15) is 37.3 Å². The number of benzene rings is 1. The minimum atomic E-state index is -3.70. The molecule has 1 saturated carbocycles. The quantitative estimate of drug-likeness (QED) is 0.876. The average molecular weight is 314 g/mol. The summed E-state index contributed by atoms with van der Waals surface area (Å²) in [5.41, 5.74) is 6.11. The van der Waals surface area contributed by atoms with E-state index >= 15 is 0 Å². The highest BCUT2D eigenvalue weighted by molar-refractivity contribution is 7.89. The predicted molar refractivity (Wildman–Crippen MR) is 80.7 cm³/mol. The van der Waals surface area contributed by atoms with Gasteiger partial charge in [0.1, 0.15) is 5.82 Å². The average Bonchev–Trinajstić information content (AvgIpc) is 2.84. The van der Waals surface area contributed by atoms with Gasteiger partial charge in [0.25, 0.3) is 0 Å². The minimum Gasteiger partial charge on any atom is -0.326 e. The van der Waals surface area contributed by atoms with E-state index in [4.69, 9.17) is 5.73 Å². The molecule has 0 heterocycles. The number of hydrogen-bond donors (Lipinski definition) is 2. The molecule has 0 radical (unpaired) electrons. The zero-order chi connectivity index (χ0) is 15.6. The molecule has 0 amide bonds. The number of hydrogen-bond acceptors (Lipinski definition) is 3. The molecule has 0 spiro atoms. The molecule has 2 unspecified atom stereocenters. The first-order valence-electron chi connectivity index (χ1n) is 7.34. The van der Waals surface area contributed by atoms with Crippen molar-refractivity contribution in [1.82, 2.24) is 4.72 Å². The second kappa shape index (κ2) is 6.42. The van der Waals surface area contributed by atoms with Crippen LogP contribution in [0.15, 0.2) is 17.0 Å². The lowest BCUT2D eigenvalue weighted by molar-refractivity contribution is 0.414. The molecule has 118 valence electrons. The Morgan fingerprint density at radius 3 is 2.67 bits per heavy atom. The number of sulfonamides is 1. The van der Waals surface area contributed by atoms with E-state index in [1.165, 1.54) is 19.1 Å². The van der Waals surface area contributed by atoms with Crippen LogP contribution in [0, 0.1) is 24.6 Å². The molecular formula is C15H23FN2O2S. The fourth-order valence-electron chi connectivity index (χ4n) is 2.92. The van der Waals surface area contributed by atoms with Crippen molar-refractivity contribution in [3.63, 3.8) is 0 Å². The fraction of sp³-hybridized carbons (Fsp3) is 0.600. The largest absolute Gasteiger partial charge is 0.326 e. The van der Waals surface area contributed by atoms with Gasteiger partial charge in [0.05, 0.1) is 4.90 Å². The Morgan fingerprint density at radius 1 is 1.38 bits per heavy atom. The molecule has 1 aromatic rings. The molecule has 4 nitrogen and oxygen atoms in total. The Balaban J connectivity index is 2.21. The highest BCUT2D eigenvalue weighted by Gasteiger charge is 2.26. The van der Waals surface area contributed by atoms with Crippen LogP contribution < -0.4 is 10.5 Å². The molecule has 0 aromatic heterocycles. The summed E-state index contributed by atoms with van der Waals surface area (Å²) >= 11 is 0. The van der Waals surface area contributed by atoms with Gasteiger partial charge >= 0.3 is 0 Å². The molecule has 6 heteroatoms. The van der Waals surface area contributed by atoms with Gasteiger partial charge < -0.3 is 5.73 Å². The van der Waals surface area contributed by atoms with E-state index in [0.29, 0.717) is 23.9 Å². The number of nitrogens with two attached hydrogens (primary N) is 1. The first-order chi connectivity index (χ1) is 9.85. The zero-order valence-electron chi connectivity index (χ0n) is 12.5.